The number of benzene rings is 1. The van der Waals surface area contributed by atoms with E-state index in [1.54, 1.807) is 12.1 Å². The number of hydrogen-bond acceptors (Lipinski definition) is 2. The zero-order chi connectivity index (χ0) is 9.84. The molecule has 0 saturated heterocycles. The minimum absolute atomic E-state index is 0.280. The molecule has 1 aromatic rings. The topological polar surface area (TPSA) is 34.1 Å². The van der Waals surface area contributed by atoms with E-state index in [0.717, 1.165) is 5.56 Å². The molecule has 0 heterocycles. The Bertz CT molecular complexity index is 331. The van der Waals surface area contributed by atoms with Crippen molar-refractivity contribution >= 4 is 14.0 Å². The lowest BCUT2D eigenvalue weighted by Gasteiger charge is -2.08. The summed E-state index contributed by atoms with van der Waals surface area (Å²) in [4.78, 5) is 11.2. The molecule has 3 heteroatoms. The first-order valence-corrected chi connectivity index (χ1v) is 4.94. The van der Waals surface area contributed by atoms with Gasteiger partial charge in [-0.3, -0.25) is 9.36 Å². The van der Waals surface area contributed by atoms with Gasteiger partial charge in [0.15, 0.2) is 0 Å². The van der Waals surface area contributed by atoms with Crippen LogP contribution < -0.4 is 0 Å². The molecule has 0 aromatic heterocycles. The van der Waals surface area contributed by atoms with Gasteiger partial charge in [0.2, 0.25) is 8.46 Å². The van der Waals surface area contributed by atoms with Crippen LogP contribution in [0.15, 0.2) is 24.3 Å². The molecule has 68 valence electrons. The maximum Gasteiger partial charge on any atom is 0.253 e. The molecule has 0 saturated carbocycles. The largest absolute Gasteiger partial charge is 0.280 e. The highest BCUT2D eigenvalue weighted by atomic mass is 31.1. The second-order valence-corrected chi connectivity index (χ2v) is 3.73. The Morgan fingerprint density at radius 1 is 1.31 bits per heavy atom. The summed E-state index contributed by atoms with van der Waals surface area (Å²) in [6.07, 6.45) is 0. The fourth-order valence-corrected chi connectivity index (χ4v) is 1.55. The summed E-state index contributed by atoms with van der Waals surface area (Å²) in [6.45, 7) is 4.02. The van der Waals surface area contributed by atoms with E-state index in [0.29, 0.717) is 5.56 Å². The van der Waals surface area contributed by atoms with Crippen LogP contribution in [0.3, 0.4) is 0 Å². The van der Waals surface area contributed by atoms with Crippen LogP contribution in [-0.2, 0) is 4.57 Å². The summed E-state index contributed by atoms with van der Waals surface area (Å²) in [5.41, 5.74) is 1.18. The van der Waals surface area contributed by atoms with Crippen LogP contribution in [0.2, 0.25) is 0 Å². The molecule has 0 amide bonds. The van der Waals surface area contributed by atoms with E-state index >= 15 is 0 Å². The standard InChI is InChI=1S/C10H11O2P/c1-7(2)8-5-3-4-6-9(8)10(11)13-12/h3-7H,1-2H3. The number of hydrogen-bond donors (Lipinski definition) is 0. The van der Waals surface area contributed by atoms with Crippen molar-refractivity contribution in [1.82, 2.24) is 0 Å². The minimum Gasteiger partial charge on any atom is -0.280 e. The molecule has 0 aliphatic heterocycles. The molecule has 0 N–H and O–H groups in total. The Morgan fingerprint density at radius 2 is 1.92 bits per heavy atom. The fourth-order valence-electron chi connectivity index (χ4n) is 1.24. The maximum absolute atomic E-state index is 11.2. The minimum atomic E-state index is -0.435. The van der Waals surface area contributed by atoms with E-state index in [1.165, 1.54) is 0 Å². The van der Waals surface area contributed by atoms with Crippen molar-refractivity contribution in [2.24, 2.45) is 0 Å². The average Bonchev–Trinajstić information content (AvgIpc) is 2.16. The molecule has 0 aliphatic carbocycles. The molecule has 13 heavy (non-hydrogen) atoms. The van der Waals surface area contributed by atoms with Crippen LogP contribution in [0.1, 0.15) is 35.7 Å². The quantitative estimate of drug-likeness (QED) is 0.692. The second-order valence-electron chi connectivity index (χ2n) is 3.14. The Kier molecular flexibility index (Phi) is 3.32. The van der Waals surface area contributed by atoms with Crippen LogP contribution in [-0.4, -0.2) is 5.52 Å². The van der Waals surface area contributed by atoms with E-state index in [2.05, 4.69) is 0 Å². The van der Waals surface area contributed by atoms with Gasteiger partial charge >= 0.3 is 0 Å². The maximum atomic E-state index is 11.2. The van der Waals surface area contributed by atoms with Gasteiger partial charge in [-0.15, -0.1) is 0 Å². The van der Waals surface area contributed by atoms with Gasteiger partial charge in [0.05, 0.1) is 0 Å². The van der Waals surface area contributed by atoms with Gasteiger partial charge in [-0.1, -0.05) is 38.1 Å². The van der Waals surface area contributed by atoms with Crippen molar-refractivity contribution in [2.75, 3.05) is 0 Å². The lowest BCUT2D eigenvalue weighted by Crippen LogP contribution is -1.98. The van der Waals surface area contributed by atoms with Crippen molar-refractivity contribution in [3.05, 3.63) is 35.4 Å². The molecule has 1 aromatic carbocycles. The molecular formula is C10H11O2P. The van der Waals surface area contributed by atoms with Crippen LogP contribution in [0, 0.1) is 0 Å². The molecule has 0 bridgehead atoms. The molecular weight excluding hydrogens is 183 g/mol. The monoisotopic (exact) mass is 194 g/mol. The molecule has 0 unspecified atom stereocenters. The molecule has 2 nitrogen and oxygen atoms in total. The van der Waals surface area contributed by atoms with Crippen LogP contribution in [0.25, 0.3) is 0 Å². The van der Waals surface area contributed by atoms with E-state index in [4.69, 9.17) is 0 Å². The molecule has 0 radical (unpaired) electrons. The van der Waals surface area contributed by atoms with Gasteiger partial charge in [-0.25, -0.2) is 0 Å². The summed E-state index contributed by atoms with van der Waals surface area (Å²) in [7, 11) is -0.435. The van der Waals surface area contributed by atoms with Gasteiger partial charge < -0.3 is 0 Å². The SMILES string of the molecule is CC(C)c1ccccc1C(=O)P=O. The second kappa shape index (κ2) is 4.29. The highest BCUT2D eigenvalue weighted by Gasteiger charge is 2.12. The van der Waals surface area contributed by atoms with Crippen LogP contribution in [0.4, 0.5) is 0 Å². The summed E-state index contributed by atoms with van der Waals surface area (Å²) >= 11 is 0. The molecule has 1 rings (SSSR count). The van der Waals surface area contributed by atoms with Crippen molar-refractivity contribution in [3.63, 3.8) is 0 Å². The zero-order valence-corrected chi connectivity index (χ0v) is 8.54. The van der Waals surface area contributed by atoms with Crippen LogP contribution >= 0.6 is 8.46 Å². The van der Waals surface area contributed by atoms with Gasteiger partial charge in [-0.05, 0) is 11.5 Å². The van der Waals surface area contributed by atoms with Gasteiger partial charge in [0.25, 0.3) is 5.52 Å². The summed E-state index contributed by atoms with van der Waals surface area (Å²) < 4.78 is 10.4. The van der Waals surface area contributed by atoms with Crippen molar-refractivity contribution in [3.8, 4) is 0 Å². The Labute approximate surface area is 79.2 Å². The highest BCUT2D eigenvalue weighted by Crippen LogP contribution is 2.22. The highest BCUT2D eigenvalue weighted by molar-refractivity contribution is 7.47. The Balaban J connectivity index is 3.19. The Hall–Kier alpha value is -1.01. The molecule has 0 spiro atoms. The predicted molar refractivity (Wildman–Crippen MR) is 52.5 cm³/mol. The van der Waals surface area contributed by atoms with Gasteiger partial charge in [-0.2, -0.15) is 0 Å². The zero-order valence-electron chi connectivity index (χ0n) is 7.65. The summed E-state index contributed by atoms with van der Waals surface area (Å²) in [5, 5.41) is 0. The third kappa shape index (κ3) is 2.22. The Morgan fingerprint density at radius 3 is 2.46 bits per heavy atom. The van der Waals surface area contributed by atoms with Crippen molar-refractivity contribution < 1.29 is 9.36 Å². The third-order valence-corrected chi connectivity index (χ3v) is 2.30. The normalized spacial score (nSPS) is 10.7. The fraction of sp³-hybridized carbons (Fsp3) is 0.300. The average molecular weight is 194 g/mol. The summed E-state index contributed by atoms with van der Waals surface area (Å²) in [5.74, 6) is 0.280. The molecule has 0 fully saturated rings. The van der Waals surface area contributed by atoms with E-state index < -0.39 is 8.46 Å². The molecule has 0 atom stereocenters. The number of rotatable bonds is 3. The lowest BCUT2D eigenvalue weighted by atomic mass is 9.98. The third-order valence-electron chi connectivity index (χ3n) is 1.90. The first kappa shape index (κ1) is 10.1. The van der Waals surface area contributed by atoms with E-state index in [9.17, 15) is 9.36 Å². The summed E-state index contributed by atoms with van der Waals surface area (Å²) in [6, 6.07) is 7.27. The van der Waals surface area contributed by atoms with E-state index in [-0.39, 0.29) is 11.4 Å². The number of carbonyl (C=O) groups excluding carboxylic acids is 1. The number of carbonyl (C=O) groups is 1. The first-order chi connectivity index (χ1) is 6.16. The smallest absolute Gasteiger partial charge is 0.253 e. The van der Waals surface area contributed by atoms with Gasteiger partial charge in [0, 0.05) is 5.56 Å². The van der Waals surface area contributed by atoms with Crippen molar-refractivity contribution in [2.45, 2.75) is 19.8 Å². The van der Waals surface area contributed by atoms with Crippen LogP contribution in [0.5, 0.6) is 0 Å². The first-order valence-electron chi connectivity index (χ1n) is 4.13. The predicted octanol–water partition coefficient (Wildman–Crippen LogP) is 3.24. The lowest BCUT2D eigenvalue weighted by molar-refractivity contribution is 0.108. The van der Waals surface area contributed by atoms with Gasteiger partial charge in [0.1, 0.15) is 0 Å². The molecule has 0 aliphatic rings. The van der Waals surface area contributed by atoms with Crippen molar-refractivity contribution in [1.29, 1.82) is 0 Å². The van der Waals surface area contributed by atoms with E-state index in [1.807, 2.05) is 26.0 Å².